The second kappa shape index (κ2) is 8.62. The standard InChI is InChI=1S/C29H27NO2S/c1-23-17-19-27(20-18-23)33(31,32)30-22-29(25-13-7-3-8-14-25,26-15-9-4-10-16-26)21-28(30)24-11-5-2-6-12-24/h2-20,28H,21-22H2,1H3. The summed E-state index contributed by atoms with van der Waals surface area (Å²) in [7, 11) is -3.71. The number of hydrogen-bond acceptors (Lipinski definition) is 2. The van der Waals surface area contributed by atoms with E-state index in [1.165, 1.54) is 0 Å². The number of nitrogens with zero attached hydrogens (tertiary/aromatic N) is 1. The quantitative estimate of drug-likeness (QED) is 0.365. The normalized spacial score (nSPS) is 18.3. The van der Waals surface area contributed by atoms with E-state index in [2.05, 4.69) is 24.3 Å². The summed E-state index contributed by atoms with van der Waals surface area (Å²) in [5.74, 6) is 0. The molecule has 0 amide bonds. The summed E-state index contributed by atoms with van der Waals surface area (Å²) in [6.07, 6.45) is 0.677. The molecule has 1 atom stereocenters. The third kappa shape index (κ3) is 3.90. The Balaban J connectivity index is 1.70. The van der Waals surface area contributed by atoms with Gasteiger partial charge in [-0.05, 0) is 42.2 Å². The van der Waals surface area contributed by atoms with E-state index in [1.807, 2.05) is 85.8 Å². The van der Waals surface area contributed by atoms with E-state index < -0.39 is 15.4 Å². The zero-order valence-corrected chi connectivity index (χ0v) is 19.4. The van der Waals surface area contributed by atoms with Crippen LogP contribution >= 0.6 is 0 Å². The Bertz CT molecular complexity index is 1280. The third-order valence-electron chi connectivity index (χ3n) is 6.78. The molecule has 1 aliphatic rings. The molecule has 1 saturated heterocycles. The first kappa shape index (κ1) is 21.6. The van der Waals surface area contributed by atoms with Gasteiger partial charge in [-0.25, -0.2) is 8.42 Å². The highest BCUT2D eigenvalue weighted by Crippen LogP contribution is 2.50. The maximum Gasteiger partial charge on any atom is 0.243 e. The van der Waals surface area contributed by atoms with Gasteiger partial charge in [-0.15, -0.1) is 0 Å². The fraction of sp³-hybridized carbons (Fsp3) is 0.172. The van der Waals surface area contributed by atoms with Gasteiger partial charge in [0.15, 0.2) is 0 Å². The fourth-order valence-electron chi connectivity index (χ4n) is 5.03. The summed E-state index contributed by atoms with van der Waals surface area (Å²) in [4.78, 5) is 0.339. The van der Waals surface area contributed by atoms with E-state index in [0.717, 1.165) is 22.3 Å². The molecule has 3 nitrogen and oxygen atoms in total. The van der Waals surface area contributed by atoms with Crippen LogP contribution in [0.1, 0.15) is 34.7 Å². The van der Waals surface area contributed by atoms with Gasteiger partial charge in [0.25, 0.3) is 0 Å². The second-order valence-electron chi connectivity index (χ2n) is 8.81. The lowest BCUT2D eigenvalue weighted by atomic mass is 9.72. The van der Waals surface area contributed by atoms with E-state index >= 15 is 0 Å². The number of benzene rings is 4. The van der Waals surface area contributed by atoms with Crippen LogP contribution in [0.3, 0.4) is 0 Å². The molecule has 0 aromatic heterocycles. The SMILES string of the molecule is Cc1ccc(S(=O)(=O)N2CC(c3ccccc3)(c3ccccc3)CC2c2ccccc2)cc1. The van der Waals surface area contributed by atoms with Crippen molar-refractivity contribution in [3.8, 4) is 0 Å². The second-order valence-corrected chi connectivity index (χ2v) is 10.7. The first-order valence-electron chi connectivity index (χ1n) is 11.3. The van der Waals surface area contributed by atoms with E-state index in [-0.39, 0.29) is 6.04 Å². The largest absolute Gasteiger partial charge is 0.243 e. The summed E-state index contributed by atoms with van der Waals surface area (Å²) < 4.78 is 29.7. The van der Waals surface area contributed by atoms with Crippen molar-refractivity contribution in [2.24, 2.45) is 0 Å². The molecule has 5 rings (SSSR count). The molecular weight excluding hydrogens is 426 g/mol. The van der Waals surface area contributed by atoms with Gasteiger partial charge < -0.3 is 0 Å². The zero-order chi connectivity index (χ0) is 22.9. The maximum atomic E-state index is 14.0. The lowest BCUT2D eigenvalue weighted by Gasteiger charge is -2.30. The Morgan fingerprint density at radius 1 is 0.697 bits per heavy atom. The number of rotatable bonds is 5. The van der Waals surface area contributed by atoms with Crippen LogP contribution in [-0.2, 0) is 15.4 Å². The highest BCUT2D eigenvalue weighted by Gasteiger charge is 2.51. The first-order valence-corrected chi connectivity index (χ1v) is 12.7. The van der Waals surface area contributed by atoms with Crippen molar-refractivity contribution >= 4 is 10.0 Å². The molecule has 33 heavy (non-hydrogen) atoms. The van der Waals surface area contributed by atoms with Gasteiger partial charge in [-0.2, -0.15) is 4.31 Å². The molecule has 166 valence electrons. The maximum absolute atomic E-state index is 14.0. The van der Waals surface area contributed by atoms with Gasteiger partial charge in [0.1, 0.15) is 0 Å². The number of hydrogen-bond donors (Lipinski definition) is 0. The van der Waals surface area contributed by atoms with Crippen LogP contribution in [0.15, 0.2) is 120 Å². The van der Waals surface area contributed by atoms with E-state index in [9.17, 15) is 8.42 Å². The van der Waals surface area contributed by atoms with Crippen LogP contribution in [0, 0.1) is 6.92 Å². The van der Waals surface area contributed by atoms with Crippen LogP contribution < -0.4 is 0 Å². The van der Waals surface area contributed by atoms with Crippen molar-refractivity contribution in [1.82, 2.24) is 4.31 Å². The van der Waals surface area contributed by atoms with Crippen LogP contribution in [0.2, 0.25) is 0 Å². The number of aryl methyl sites for hydroxylation is 1. The van der Waals surface area contributed by atoms with E-state index in [1.54, 1.807) is 16.4 Å². The van der Waals surface area contributed by atoms with Crippen molar-refractivity contribution in [1.29, 1.82) is 0 Å². The Kier molecular flexibility index (Phi) is 5.65. The minimum absolute atomic E-state index is 0.266. The molecule has 1 fully saturated rings. The molecule has 4 aromatic rings. The van der Waals surface area contributed by atoms with Gasteiger partial charge in [0.05, 0.1) is 10.9 Å². The molecule has 0 radical (unpaired) electrons. The highest BCUT2D eigenvalue weighted by atomic mass is 32.2. The molecule has 0 saturated carbocycles. The van der Waals surface area contributed by atoms with Crippen LogP contribution in [-0.4, -0.2) is 19.3 Å². The lowest BCUT2D eigenvalue weighted by Crippen LogP contribution is -2.36. The molecule has 4 heteroatoms. The third-order valence-corrected chi connectivity index (χ3v) is 8.65. The molecule has 4 aromatic carbocycles. The molecule has 1 aliphatic heterocycles. The summed E-state index contributed by atoms with van der Waals surface area (Å²) >= 11 is 0. The van der Waals surface area contributed by atoms with Crippen molar-refractivity contribution in [2.75, 3.05) is 6.54 Å². The summed E-state index contributed by atoms with van der Waals surface area (Å²) in [6.45, 7) is 2.35. The highest BCUT2D eigenvalue weighted by molar-refractivity contribution is 7.89. The van der Waals surface area contributed by atoms with Crippen molar-refractivity contribution < 1.29 is 8.42 Å². The predicted molar refractivity (Wildman–Crippen MR) is 133 cm³/mol. The van der Waals surface area contributed by atoms with E-state index in [0.29, 0.717) is 17.9 Å². The zero-order valence-electron chi connectivity index (χ0n) is 18.6. The average molecular weight is 454 g/mol. The van der Waals surface area contributed by atoms with Gasteiger partial charge in [0, 0.05) is 12.0 Å². The summed E-state index contributed by atoms with van der Waals surface area (Å²) in [5.41, 5.74) is 3.89. The van der Waals surface area contributed by atoms with Crippen molar-refractivity contribution in [3.05, 3.63) is 138 Å². The first-order chi connectivity index (χ1) is 16.0. The average Bonchev–Trinajstić information content (AvgIpc) is 3.29. The molecule has 0 bridgehead atoms. The van der Waals surface area contributed by atoms with Gasteiger partial charge in [0.2, 0.25) is 10.0 Å². The van der Waals surface area contributed by atoms with Crippen LogP contribution in [0.25, 0.3) is 0 Å². The van der Waals surface area contributed by atoms with Gasteiger partial charge in [-0.3, -0.25) is 0 Å². The summed E-state index contributed by atoms with van der Waals surface area (Å²) in [5, 5.41) is 0. The van der Waals surface area contributed by atoms with E-state index in [4.69, 9.17) is 0 Å². The predicted octanol–water partition coefficient (Wildman–Crippen LogP) is 6.12. The molecular formula is C29H27NO2S. The Morgan fingerprint density at radius 3 is 1.70 bits per heavy atom. The van der Waals surface area contributed by atoms with Crippen LogP contribution in [0.5, 0.6) is 0 Å². The van der Waals surface area contributed by atoms with Gasteiger partial charge in [-0.1, -0.05) is 109 Å². The van der Waals surface area contributed by atoms with Crippen LogP contribution in [0.4, 0.5) is 0 Å². The molecule has 0 N–H and O–H groups in total. The minimum atomic E-state index is -3.71. The van der Waals surface area contributed by atoms with Gasteiger partial charge >= 0.3 is 0 Å². The van der Waals surface area contributed by atoms with Crippen molar-refractivity contribution in [2.45, 2.75) is 29.7 Å². The molecule has 1 unspecified atom stereocenters. The Morgan fingerprint density at radius 2 is 1.18 bits per heavy atom. The summed E-state index contributed by atoms with van der Waals surface area (Å²) in [6, 6.07) is 37.6. The fourth-order valence-corrected chi connectivity index (χ4v) is 6.70. The smallest absolute Gasteiger partial charge is 0.207 e. The molecule has 1 heterocycles. The Labute approximate surface area is 196 Å². The monoisotopic (exact) mass is 453 g/mol. The van der Waals surface area contributed by atoms with Crippen molar-refractivity contribution in [3.63, 3.8) is 0 Å². The number of sulfonamides is 1. The molecule has 0 aliphatic carbocycles. The lowest BCUT2D eigenvalue weighted by molar-refractivity contribution is 0.393. The molecule has 0 spiro atoms. The minimum Gasteiger partial charge on any atom is -0.207 e. The topological polar surface area (TPSA) is 37.4 Å². The Hall–Kier alpha value is -3.21.